The van der Waals surface area contributed by atoms with E-state index in [1.807, 2.05) is 31.2 Å². The molecule has 1 saturated heterocycles. The van der Waals surface area contributed by atoms with Crippen LogP contribution in [0.1, 0.15) is 12.5 Å². The Kier molecular flexibility index (Phi) is 8.84. The Labute approximate surface area is 160 Å². The summed E-state index contributed by atoms with van der Waals surface area (Å²) in [5.74, 6) is 0.466. The molecule has 0 bridgehead atoms. The molecule has 1 aromatic rings. The predicted octanol–water partition coefficient (Wildman–Crippen LogP) is 0.829. The number of hydrogen-bond donors (Lipinski definition) is 1. The minimum atomic E-state index is -0.657. The maximum atomic E-state index is 12.6. The largest absolute Gasteiger partial charge is 0.481 e. The van der Waals surface area contributed by atoms with Crippen molar-refractivity contribution in [1.82, 2.24) is 9.80 Å². The number of benzene rings is 1. The van der Waals surface area contributed by atoms with Gasteiger partial charge in [0.1, 0.15) is 11.8 Å². The fraction of sp³-hybridized carbons (Fsp3) is 0.556. The molecule has 2 atom stereocenters. The van der Waals surface area contributed by atoms with Crippen molar-refractivity contribution in [3.8, 4) is 5.75 Å². The molecule has 26 heavy (non-hydrogen) atoms. The SMILES string of the molecule is COCC(N)C(=O)N1CCN(C(=O)C(C)Oc2cccc(C)c2)CC1.Cl. The minimum Gasteiger partial charge on any atom is -0.481 e. The van der Waals surface area contributed by atoms with Gasteiger partial charge in [-0.15, -0.1) is 12.4 Å². The highest BCUT2D eigenvalue weighted by molar-refractivity contribution is 5.85. The van der Waals surface area contributed by atoms with Crippen molar-refractivity contribution in [3.63, 3.8) is 0 Å². The van der Waals surface area contributed by atoms with E-state index in [1.165, 1.54) is 7.11 Å². The molecule has 1 heterocycles. The van der Waals surface area contributed by atoms with Crippen LogP contribution in [0.15, 0.2) is 24.3 Å². The van der Waals surface area contributed by atoms with Crippen molar-refractivity contribution in [1.29, 1.82) is 0 Å². The van der Waals surface area contributed by atoms with E-state index >= 15 is 0 Å². The number of carbonyl (C=O) groups excluding carboxylic acids is 2. The Morgan fingerprint density at radius 3 is 2.27 bits per heavy atom. The zero-order valence-corrected chi connectivity index (χ0v) is 16.3. The number of aryl methyl sites for hydroxylation is 1. The summed E-state index contributed by atoms with van der Waals surface area (Å²) in [5.41, 5.74) is 6.86. The number of ether oxygens (including phenoxy) is 2. The number of nitrogens with zero attached hydrogens (tertiary/aromatic N) is 2. The number of nitrogens with two attached hydrogens (primary N) is 1. The lowest BCUT2D eigenvalue weighted by atomic mass is 10.2. The zero-order valence-electron chi connectivity index (χ0n) is 15.5. The lowest BCUT2D eigenvalue weighted by molar-refractivity contribution is -0.144. The van der Waals surface area contributed by atoms with Crippen molar-refractivity contribution in [3.05, 3.63) is 29.8 Å². The van der Waals surface area contributed by atoms with Crippen LogP contribution in [0.2, 0.25) is 0 Å². The molecule has 0 spiro atoms. The van der Waals surface area contributed by atoms with E-state index in [4.69, 9.17) is 15.2 Å². The van der Waals surface area contributed by atoms with Gasteiger partial charge in [0.2, 0.25) is 5.91 Å². The van der Waals surface area contributed by atoms with E-state index < -0.39 is 12.1 Å². The van der Waals surface area contributed by atoms with Crippen molar-refractivity contribution in [2.24, 2.45) is 5.73 Å². The number of piperazine rings is 1. The molecule has 0 aliphatic carbocycles. The predicted molar refractivity (Wildman–Crippen MR) is 102 cm³/mol. The third-order valence-electron chi connectivity index (χ3n) is 4.22. The summed E-state index contributed by atoms with van der Waals surface area (Å²) in [6, 6.07) is 6.96. The Hall–Kier alpha value is -1.83. The van der Waals surface area contributed by atoms with Crippen LogP contribution in [0.3, 0.4) is 0 Å². The Morgan fingerprint density at radius 1 is 1.15 bits per heavy atom. The molecule has 2 N–H and O–H groups in total. The van der Waals surface area contributed by atoms with E-state index in [0.29, 0.717) is 31.9 Å². The van der Waals surface area contributed by atoms with E-state index in [-0.39, 0.29) is 30.8 Å². The average Bonchev–Trinajstić information content (AvgIpc) is 2.60. The molecule has 1 fully saturated rings. The summed E-state index contributed by atoms with van der Waals surface area (Å²) in [4.78, 5) is 28.1. The van der Waals surface area contributed by atoms with Crippen LogP contribution in [-0.2, 0) is 14.3 Å². The molecule has 0 radical (unpaired) electrons. The topological polar surface area (TPSA) is 85.1 Å². The van der Waals surface area contributed by atoms with Crippen LogP contribution in [0.4, 0.5) is 0 Å². The number of amides is 2. The summed E-state index contributed by atoms with van der Waals surface area (Å²) in [7, 11) is 1.51. The van der Waals surface area contributed by atoms with Crippen LogP contribution in [0, 0.1) is 6.92 Å². The number of hydrogen-bond acceptors (Lipinski definition) is 5. The van der Waals surface area contributed by atoms with Crippen LogP contribution < -0.4 is 10.5 Å². The first kappa shape index (κ1) is 22.2. The third kappa shape index (κ3) is 5.86. The number of carbonyl (C=O) groups is 2. The first-order valence-electron chi connectivity index (χ1n) is 8.47. The third-order valence-corrected chi connectivity index (χ3v) is 4.22. The summed E-state index contributed by atoms with van der Waals surface area (Å²) in [6.07, 6.45) is -0.570. The molecular weight excluding hydrogens is 358 g/mol. The molecule has 8 heteroatoms. The maximum Gasteiger partial charge on any atom is 0.263 e. The minimum absolute atomic E-state index is 0. The van der Waals surface area contributed by atoms with Gasteiger partial charge in [0.15, 0.2) is 6.10 Å². The van der Waals surface area contributed by atoms with Gasteiger partial charge in [0.25, 0.3) is 5.91 Å². The molecule has 1 aliphatic heterocycles. The number of methoxy groups -OCH3 is 1. The fourth-order valence-electron chi connectivity index (χ4n) is 2.83. The van der Waals surface area contributed by atoms with Gasteiger partial charge in [0.05, 0.1) is 6.61 Å². The van der Waals surface area contributed by atoms with Crippen molar-refractivity contribution in [2.75, 3.05) is 39.9 Å². The van der Waals surface area contributed by atoms with Crippen molar-refractivity contribution in [2.45, 2.75) is 26.0 Å². The van der Waals surface area contributed by atoms with Crippen LogP contribution in [-0.4, -0.2) is 73.7 Å². The molecule has 7 nitrogen and oxygen atoms in total. The molecular formula is C18H28ClN3O4. The monoisotopic (exact) mass is 385 g/mol. The maximum absolute atomic E-state index is 12.6. The molecule has 1 aliphatic rings. The second-order valence-electron chi connectivity index (χ2n) is 6.29. The van der Waals surface area contributed by atoms with Crippen molar-refractivity contribution >= 4 is 24.2 Å². The summed E-state index contributed by atoms with van der Waals surface area (Å²) < 4.78 is 10.7. The summed E-state index contributed by atoms with van der Waals surface area (Å²) in [5, 5.41) is 0. The van der Waals surface area contributed by atoms with E-state index in [0.717, 1.165) is 5.56 Å². The Bertz CT molecular complexity index is 606. The molecule has 1 aromatic carbocycles. The van der Waals surface area contributed by atoms with Crippen LogP contribution in [0.25, 0.3) is 0 Å². The smallest absolute Gasteiger partial charge is 0.263 e. The number of rotatable bonds is 6. The summed E-state index contributed by atoms with van der Waals surface area (Å²) in [6.45, 7) is 5.82. The van der Waals surface area contributed by atoms with Gasteiger partial charge < -0.3 is 25.0 Å². The second kappa shape index (κ2) is 10.4. The molecule has 2 unspecified atom stereocenters. The lowest BCUT2D eigenvalue weighted by Gasteiger charge is -2.36. The molecule has 2 amide bonds. The van der Waals surface area contributed by atoms with E-state index in [1.54, 1.807) is 16.7 Å². The Balaban J connectivity index is 0.00000338. The molecule has 0 aromatic heterocycles. The van der Waals surface area contributed by atoms with Crippen LogP contribution >= 0.6 is 12.4 Å². The molecule has 0 saturated carbocycles. The first-order valence-corrected chi connectivity index (χ1v) is 8.47. The summed E-state index contributed by atoms with van der Waals surface area (Å²) >= 11 is 0. The molecule has 2 rings (SSSR count). The van der Waals surface area contributed by atoms with Gasteiger partial charge in [-0.2, -0.15) is 0 Å². The standard InChI is InChI=1S/C18H27N3O4.ClH/c1-13-5-4-6-15(11-13)25-14(2)17(22)20-7-9-21(10-8-20)18(23)16(19)12-24-3;/h4-6,11,14,16H,7-10,12,19H2,1-3H3;1H. The normalized spacial score (nSPS) is 16.5. The van der Waals surface area contributed by atoms with Crippen molar-refractivity contribution < 1.29 is 19.1 Å². The Morgan fingerprint density at radius 2 is 1.73 bits per heavy atom. The van der Waals surface area contributed by atoms with Gasteiger partial charge in [-0.05, 0) is 31.5 Å². The van der Waals surface area contributed by atoms with Gasteiger partial charge in [-0.1, -0.05) is 12.1 Å². The highest BCUT2D eigenvalue weighted by Crippen LogP contribution is 2.15. The quantitative estimate of drug-likeness (QED) is 0.784. The second-order valence-corrected chi connectivity index (χ2v) is 6.29. The van der Waals surface area contributed by atoms with Gasteiger partial charge in [0, 0.05) is 33.3 Å². The van der Waals surface area contributed by atoms with Gasteiger partial charge >= 0.3 is 0 Å². The first-order chi connectivity index (χ1) is 11.9. The highest BCUT2D eigenvalue weighted by atomic mass is 35.5. The highest BCUT2D eigenvalue weighted by Gasteiger charge is 2.29. The fourth-order valence-corrected chi connectivity index (χ4v) is 2.83. The molecule has 146 valence electrons. The van der Waals surface area contributed by atoms with E-state index in [9.17, 15) is 9.59 Å². The lowest BCUT2D eigenvalue weighted by Crippen LogP contribution is -2.56. The van der Waals surface area contributed by atoms with E-state index in [2.05, 4.69) is 0 Å². The van der Waals surface area contributed by atoms with Gasteiger partial charge in [-0.25, -0.2) is 0 Å². The number of halogens is 1. The van der Waals surface area contributed by atoms with Crippen LogP contribution in [0.5, 0.6) is 5.75 Å². The zero-order chi connectivity index (χ0) is 18.4. The van der Waals surface area contributed by atoms with Gasteiger partial charge in [-0.3, -0.25) is 9.59 Å². The average molecular weight is 386 g/mol.